The number of para-hydroxylation sites is 1. The Morgan fingerprint density at radius 1 is 1.26 bits per heavy atom. The van der Waals surface area contributed by atoms with Crippen LogP contribution < -0.4 is 4.74 Å². The fourth-order valence-electron chi connectivity index (χ4n) is 4.90. The summed E-state index contributed by atoms with van der Waals surface area (Å²) >= 11 is 0. The van der Waals surface area contributed by atoms with Gasteiger partial charge in [0, 0.05) is 37.3 Å². The summed E-state index contributed by atoms with van der Waals surface area (Å²) in [6.45, 7) is 4.92. The summed E-state index contributed by atoms with van der Waals surface area (Å²) in [6, 6.07) is 12.1. The Morgan fingerprint density at radius 2 is 2.11 bits per heavy atom. The number of aryl methyl sites for hydroxylation is 1. The Bertz CT molecular complexity index is 835. The molecule has 1 aromatic carbocycles. The van der Waals surface area contributed by atoms with Crippen LogP contribution in [0.2, 0.25) is 0 Å². The SMILES string of the molecule is COc1ccccc1/C=C/CN1C[C@H]2CC[C@](O)(c3ncccc3C)[C@H]2C1. The van der Waals surface area contributed by atoms with Crippen molar-refractivity contribution in [1.29, 1.82) is 0 Å². The molecule has 1 aromatic heterocycles. The molecule has 0 radical (unpaired) electrons. The van der Waals surface area contributed by atoms with Crippen LogP contribution in [0.25, 0.3) is 6.08 Å². The van der Waals surface area contributed by atoms with Crippen molar-refractivity contribution >= 4 is 6.08 Å². The third-order valence-electron chi connectivity index (χ3n) is 6.25. The molecule has 4 nitrogen and oxygen atoms in total. The zero-order valence-corrected chi connectivity index (χ0v) is 16.1. The molecule has 1 N–H and O–H groups in total. The number of aliphatic hydroxyl groups is 1. The van der Waals surface area contributed by atoms with Crippen molar-refractivity contribution in [1.82, 2.24) is 9.88 Å². The molecule has 27 heavy (non-hydrogen) atoms. The molecule has 2 heterocycles. The number of likely N-dealkylation sites (tertiary alicyclic amines) is 1. The van der Waals surface area contributed by atoms with E-state index in [4.69, 9.17) is 4.74 Å². The molecule has 0 bridgehead atoms. The second-order valence-corrected chi connectivity index (χ2v) is 7.86. The summed E-state index contributed by atoms with van der Waals surface area (Å²) in [6.07, 6.45) is 8.03. The minimum absolute atomic E-state index is 0.269. The zero-order chi connectivity index (χ0) is 18.9. The minimum Gasteiger partial charge on any atom is -0.496 e. The van der Waals surface area contributed by atoms with E-state index in [0.717, 1.165) is 55.0 Å². The van der Waals surface area contributed by atoms with Gasteiger partial charge in [-0.1, -0.05) is 36.4 Å². The van der Waals surface area contributed by atoms with Gasteiger partial charge in [-0.15, -0.1) is 0 Å². The van der Waals surface area contributed by atoms with Gasteiger partial charge in [0.1, 0.15) is 11.4 Å². The monoisotopic (exact) mass is 364 g/mol. The molecule has 0 unspecified atom stereocenters. The summed E-state index contributed by atoms with van der Waals surface area (Å²) in [7, 11) is 1.70. The molecular weight excluding hydrogens is 336 g/mol. The summed E-state index contributed by atoms with van der Waals surface area (Å²) in [5.41, 5.74) is 2.29. The van der Waals surface area contributed by atoms with Crippen molar-refractivity contribution in [2.45, 2.75) is 25.4 Å². The van der Waals surface area contributed by atoms with E-state index in [1.807, 2.05) is 24.3 Å². The number of benzene rings is 1. The summed E-state index contributed by atoms with van der Waals surface area (Å²) in [5.74, 6) is 1.72. The van der Waals surface area contributed by atoms with E-state index in [1.165, 1.54) is 0 Å². The number of hydrogen-bond donors (Lipinski definition) is 1. The Hall–Kier alpha value is -2.17. The van der Waals surface area contributed by atoms with Crippen LogP contribution in [0.3, 0.4) is 0 Å². The van der Waals surface area contributed by atoms with Gasteiger partial charge in [-0.3, -0.25) is 9.88 Å². The lowest BCUT2D eigenvalue weighted by atomic mass is 9.83. The van der Waals surface area contributed by atoms with Gasteiger partial charge in [0.05, 0.1) is 12.8 Å². The van der Waals surface area contributed by atoms with Crippen molar-refractivity contribution in [2.24, 2.45) is 11.8 Å². The molecule has 0 spiro atoms. The van der Waals surface area contributed by atoms with E-state index in [0.29, 0.717) is 5.92 Å². The normalized spacial score (nSPS) is 28.0. The van der Waals surface area contributed by atoms with Crippen LogP contribution >= 0.6 is 0 Å². The number of methoxy groups -OCH3 is 1. The Balaban J connectivity index is 1.44. The van der Waals surface area contributed by atoms with Gasteiger partial charge in [0.15, 0.2) is 0 Å². The third-order valence-corrected chi connectivity index (χ3v) is 6.25. The fraction of sp³-hybridized carbons (Fsp3) is 0.435. The van der Waals surface area contributed by atoms with Gasteiger partial charge in [-0.25, -0.2) is 0 Å². The Labute approximate surface area is 161 Å². The highest BCUT2D eigenvalue weighted by Crippen LogP contribution is 2.50. The highest BCUT2D eigenvalue weighted by molar-refractivity contribution is 5.57. The number of ether oxygens (including phenoxy) is 1. The average molecular weight is 364 g/mol. The number of nitrogens with zero attached hydrogens (tertiary/aromatic N) is 2. The average Bonchev–Trinajstić information content (AvgIpc) is 3.23. The lowest BCUT2D eigenvalue weighted by Gasteiger charge is -2.30. The van der Waals surface area contributed by atoms with Gasteiger partial charge in [0.25, 0.3) is 0 Å². The first-order valence-electron chi connectivity index (χ1n) is 9.78. The Kier molecular flexibility index (Phi) is 5.02. The van der Waals surface area contributed by atoms with Crippen LogP contribution in [0, 0.1) is 18.8 Å². The predicted octanol–water partition coefficient (Wildman–Crippen LogP) is 3.64. The van der Waals surface area contributed by atoms with Crippen molar-refractivity contribution in [3.05, 3.63) is 65.5 Å². The number of rotatable bonds is 5. The molecule has 1 saturated heterocycles. The van der Waals surface area contributed by atoms with E-state index in [1.54, 1.807) is 13.3 Å². The number of aromatic nitrogens is 1. The van der Waals surface area contributed by atoms with Gasteiger partial charge in [-0.2, -0.15) is 0 Å². The van der Waals surface area contributed by atoms with Crippen molar-refractivity contribution in [2.75, 3.05) is 26.7 Å². The molecular formula is C23H28N2O2. The molecule has 2 aliphatic rings. The fourth-order valence-corrected chi connectivity index (χ4v) is 4.90. The summed E-state index contributed by atoms with van der Waals surface area (Å²) in [4.78, 5) is 6.99. The zero-order valence-electron chi connectivity index (χ0n) is 16.1. The molecule has 1 saturated carbocycles. The standard InChI is InChI=1S/C23H28N2O2/c1-17-7-5-13-24-22(17)23(26)12-11-19-15-25(16-20(19)23)14-6-9-18-8-3-4-10-21(18)27-2/h3-10,13,19-20,26H,11-12,14-16H2,1-2H3/b9-6+/t19-,20+,23-/m1/s1. The molecule has 142 valence electrons. The third kappa shape index (κ3) is 3.40. The molecule has 4 rings (SSSR count). The molecule has 1 aliphatic heterocycles. The molecule has 0 amide bonds. The smallest absolute Gasteiger partial charge is 0.126 e. The highest BCUT2D eigenvalue weighted by atomic mass is 16.5. The molecule has 2 fully saturated rings. The van der Waals surface area contributed by atoms with Crippen molar-refractivity contribution < 1.29 is 9.84 Å². The quantitative estimate of drug-likeness (QED) is 0.880. The lowest BCUT2D eigenvalue weighted by molar-refractivity contribution is -0.0107. The summed E-state index contributed by atoms with van der Waals surface area (Å²) < 4.78 is 5.41. The molecule has 3 atom stereocenters. The maximum Gasteiger partial charge on any atom is 0.126 e. The minimum atomic E-state index is -0.781. The van der Waals surface area contributed by atoms with E-state index in [9.17, 15) is 5.11 Å². The van der Waals surface area contributed by atoms with E-state index >= 15 is 0 Å². The van der Waals surface area contributed by atoms with Gasteiger partial charge >= 0.3 is 0 Å². The molecule has 2 aromatic rings. The first kappa shape index (κ1) is 18.2. The highest BCUT2D eigenvalue weighted by Gasteiger charge is 2.53. The van der Waals surface area contributed by atoms with Crippen LogP contribution in [-0.2, 0) is 5.60 Å². The first-order chi connectivity index (χ1) is 13.1. The lowest BCUT2D eigenvalue weighted by Crippen LogP contribution is -2.36. The van der Waals surface area contributed by atoms with Crippen LogP contribution in [-0.4, -0.2) is 41.7 Å². The van der Waals surface area contributed by atoms with E-state index in [-0.39, 0.29) is 5.92 Å². The molecule has 1 aliphatic carbocycles. The maximum absolute atomic E-state index is 11.5. The number of pyridine rings is 1. The van der Waals surface area contributed by atoms with Crippen molar-refractivity contribution in [3.8, 4) is 5.75 Å². The van der Waals surface area contributed by atoms with Gasteiger partial charge in [0.2, 0.25) is 0 Å². The number of fused-ring (bicyclic) bond motifs is 1. The van der Waals surface area contributed by atoms with Crippen molar-refractivity contribution in [3.63, 3.8) is 0 Å². The van der Waals surface area contributed by atoms with Crippen LogP contribution in [0.4, 0.5) is 0 Å². The van der Waals surface area contributed by atoms with E-state index < -0.39 is 5.60 Å². The largest absolute Gasteiger partial charge is 0.496 e. The maximum atomic E-state index is 11.5. The molecule has 4 heteroatoms. The van der Waals surface area contributed by atoms with Crippen LogP contribution in [0.5, 0.6) is 5.75 Å². The van der Waals surface area contributed by atoms with Gasteiger partial charge < -0.3 is 9.84 Å². The van der Waals surface area contributed by atoms with E-state index in [2.05, 4.69) is 41.1 Å². The van der Waals surface area contributed by atoms with Crippen LogP contribution in [0.1, 0.15) is 29.7 Å². The second-order valence-electron chi connectivity index (χ2n) is 7.86. The Morgan fingerprint density at radius 3 is 2.93 bits per heavy atom. The van der Waals surface area contributed by atoms with Gasteiger partial charge in [-0.05, 0) is 43.4 Å². The summed E-state index contributed by atoms with van der Waals surface area (Å²) in [5, 5.41) is 11.5. The topological polar surface area (TPSA) is 45.6 Å². The second kappa shape index (κ2) is 7.45. The van der Waals surface area contributed by atoms with Crippen LogP contribution in [0.15, 0.2) is 48.7 Å². The first-order valence-corrected chi connectivity index (χ1v) is 9.78. The number of hydrogen-bond acceptors (Lipinski definition) is 4. The predicted molar refractivity (Wildman–Crippen MR) is 108 cm³/mol.